The Kier molecular flexibility index (Phi) is 4.53. The van der Waals surface area contributed by atoms with Gasteiger partial charge in [-0.1, -0.05) is 32.0 Å². The molecule has 0 aromatic heterocycles. The first-order valence-corrected chi connectivity index (χ1v) is 7.10. The van der Waals surface area contributed by atoms with Crippen LogP contribution in [0.15, 0.2) is 30.3 Å². The molecule has 0 aliphatic heterocycles. The zero-order valence-corrected chi connectivity index (χ0v) is 13.0. The summed E-state index contributed by atoms with van der Waals surface area (Å²) in [5.41, 5.74) is 4.32. The van der Waals surface area contributed by atoms with Gasteiger partial charge in [-0.15, -0.1) is 0 Å². The molecule has 0 saturated carbocycles. The van der Waals surface area contributed by atoms with Crippen molar-refractivity contribution in [3.8, 4) is 22.6 Å². The summed E-state index contributed by atoms with van der Waals surface area (Å²) in [7, 11) is 1.59. The van der Waals surface area contributed by atoms with Crippen LogP contribution in [0.25, 0.3) is 11.1 Å². The van der Waals surface area contributed by atoms with E-state index in [0.29, 0.717) is 11.3 Å². The zero-order valence-electron chi connectivity index (χ0n) is 13.0. The number of methoxy groups -OCH3 is 1. The molecule has 0 atom stereocenters. The molecule has 2 N–H and O–H groups in total. The van der Waals surface area contributed by atoms with E-state index >= 15 is 0 Å². The van der Waals surface area contributed by atoms with Gasteiger partial charge in [0.1, 0.15) is 11.5 Å². The molecule has 21 heavy (non-hydrogen) atoms. The second-order valence-electron chi connectivity index (χ2n) is 5.56. The Morgan fingerprint density at radius 1 is 1.14 bits per heavy atom. The average Bonchev–Trinajstić information content (AvgIpc) is 2.45. The van der Waals surface area contributed by atoms with Gasteiger partial charge >= 0.3 is 0 Å². The lowest BCUT2D eigenvalue weighted by Gasteiger charge is -2.20. The number of ether oxygens (including phenoxy) is 1. The zero-order chi connectivity index (χ0) is 15.6. The fourth-order valence-electron chi connectivity index (χ4n) is 2.68. The second-order valence-corrected chi connectivity index (χ2v) is 5.56. The van der Waals surface area contributed by atoms with Gasteiger partial charge in [-0.2, -0.15) is 0 Å². The van der Waals surface area contributed by atoms with E-state index in [1.54, 1.807) is 13.2 Å². The smallest absolute Gasteiger partial charge is 0.130 e. The molecule has 3 nitrogen and oxygen atoms in total. The Bertz CT molecular complexity index is 645. The van der Waals surface area contributed by atoms with Crippen LogP contribution in [0.5, 0.6) is 11.5 Å². The molecule has 0 heterocycles. The third kappa shape index (κ3) is 2.88. The van der Waals surface area contributed by atoms with Crippen molar-refractivity contribution in [2.24, 2.45) is 0 Å². The lowest BCUT2D eigenvalue weighted by Crippen LogP contribution is -2.00. The van der Waals surface area contributed by atoms with Crippen molar-refractivity contribution in [3.63, 3.8) is 0 Å². The predicted molar refractivity (Wildman–Crippen MR) is 84.8 cm³/mol. The molecule has 2 aromatic carbocycles. The molecule has 0 spiro atoms. The standard InChI is InChI=1S/C18H22O3/c1-11(2)14-7-5-6-13(10-19)17(14)18-15(20)8-12(3)9-16(18)21-4/h5-9,11,19-20H,10H2,1-4H3. The van der Waals surface area contributed by atoms with E-state index in [4.69, 9.17) is 4.74 Å². The molecular weight excluding hydrogens is 264 g/mol. The fourth-order valence-corrected chi connectivity index (χ4v) is 2.68. The van der Waals surface area contributed by atoms with Crippen molar-refractivity contribution in [1.29, 1.82) is 0 Å². The highest BCUT2D eigenvalue weighted by molar-refractivity contribution is 5.82. The molecule has 3 heteroatoms. The van der Waals surface area contributed by atoms with Crippen LogP contribution < -0.4 is 4.74 Å². The van der Waals surface area contributed by atoms with Gasteiger partial charge in [-0.3, -0.25) is 0 Å². The summed E-state index contributed by atoms with van der Waals surface area (Å²) in [4.78, 5) is 0. The number of phenolic OH excluding ortho intramolecular Hbond substituents is 1. The summed E-state index contributed by atoms with van der Waals surface area (Å²) >= 11 is 0. The van der Waals surface area contributed by atoms with Crippen LogP contribution in [0, 0.1) is 6.92 Å². The minimum atomic E-state index is -0.0770. The van der Waals surface area contributed by atoms with Crippen LogP contribution >= 0.6 is 0 Å². The minimum absolute atomic E-state index is 0.0770. The maximum Gasteiger partial charge on any atom is 0.130 e. The minimum Gasteiger partial charge on any atom is -0.507 e. The van der Waals surface area contributed by atoms with Gasteiger partial charge < -0.3 is 14.9 Å². The molecule has 0 aliphatic carbocycles. The molecule has 112 valence electrons. The van der Waals surface area contributed by atoms with Gasteiger partial charge in [-0.25, -0.2) is 0 Å². The van der Waals surface area contributed by atoms with E-state index in [1.165, 1.54) is 0 Å². The van der Waals surface area contributed by atoms with Crippen LogP contribution in [-0.2, 0) is 6.61 Å². The highest BCUT2D eigenvalue weighted by Gasteiger charge is 2.20. The Hall–Kier alpha value is -2.00. The molecule has 0 bridgehead atoms. The summed E-state index contributed by atoms with van der Waals surface area (Å²) in [5.74, 6) is 1.07. The van der Waals surface area contributed by atoms with Gasteiger partial charge in [0.25, 0.3) is 0 Å². The van der Waals surface area contributed by atoms with E-state index < -0.39 is 0 Å². The maximum atomic E-state index is 10.4. The monoisotopic (exact) mass is 286 g/mol. The Balaban J connectivity index is 2.83. The van der Waals surface area contributed by atoms with Gasteiger partial charge in [0.2, 0.25) is 0 Å². The van der Waals surface area contributed by atoms with Crippen molar-refractivity contribution in [2.75, 3.05) is 7.11 Å². The number of benzene rings is 2. The molecule has 2 rings (SSSR count). The summed E-state index contributed by atoms with van der Waals surface area (Å²) in [6.07, 6.45) is 0. The van der Waals surface area contributed by atoms with Crippen molar-refractivity contribution >= 4 is 0 Å². The molecule has 0 fully saturated rings. The number of rotatable bonds is 4. The molecule has 0 unspecified atom stereocenters. The van der Waals surface area contributed by atoms with Gasteiger partial charge in [0.15, 0.2) is 0 Å². The lowest BCUT2D eigenvalue weighted by molar-refractivity contribution is 0.282. The predicted octanol–water partition coefficient (Wildman–Crippen LogP) is 3.99. The fraction of sp³-hybridized carbons (Fsp3) is 0.333. The normalized spacial score (nSPS) is 11.0. The molecule has 0 amide bonds. The molecule has 0 aliphatic rings. The second kappa shape index (κ2) is 6.19. The quantitative estimate of drug-likeness (QED) is 0.893. The lowest BCUT2D eigenvalue weighted by atomic mass is 9.87. The number of phenols is 1. The van der Waals surface area contributed by atoms with Gasteiger partial charge in [0, 0.05) is 0 Å². The van der Waals surface area contributed by atoms with Gasteiger partial charge in [0.05, 0.1) is 19.3 Å². The summed E-state index contributed by atoms with van der Waals surface area (Å²) < 4.78 is 5.45. The van der Waals surface area contributed by atoms with Gasteiger partial charge in [-0.05, 0) is 47.2 Å². The van der Waals surface area contributed by atoms with Crippen LogP contribution in [0.4, 0.5) is 0 Å². The first kappa shape index (κ1) is 15.4. The molecule has 2 aromatic rings. The van der Waals surface area contributed by atoms with Crippen molar-refractivity contribution in [3.05, 3.63) is 47.0 Å². The number of aromatic hydroxyl groups is 1. The van der Waals surface area contributed by atoms with E-state index in [-0.39, 0.29) is 18.3 Å². The van der Waals surface area contributed by atoms with Crippen LogP contribution in [0.2, 0.25) is 0 Å². The number of hydrogen-bond acceptors (Lipinski definition) is 3. The first-order chi connectivity index (χ1) is 9.99. The molecular formula is C18H22O3. The first-order valence-electron chi connectivity index (χ1n) is 7.10. The number of aryl methyl sites for hydroxylation is 1. The van der Waals surface area contributed by atoms with E-state index in [2.05, 4.69) is 13.8 Å². The SMILES string of the molecule is COc1cc(C)cc(O)c1-c1c(CO)cccc1C(C)C. The largest absolute Gasteiger partial charge is 0.507 e. The highest BCUT2D eigenvalue weighted by atomic mass is 16.5. The van der Waals surface area contributed by atoms with Crippen molar-refractivity contribution in [2.45, 2.75) is 33.3 Å². The average molecular weight is 286 g/mol. The molecule has 0 saturated heterocycles. The van der Waals surface area contributed by atoms with Crippen molar-refractivity contribution < 1.29 is 14.9 Å². The van der Waals surface area contributed by atoms with E-state index in [0.717, 1.165) is 22.3 Å². The van der Waals surface area contributed by atoms with E-state index in [1.807, 2.05) is 31.2 Å². The Morgan fingerprint density at radius 3 is 2.43 bits per heavy atom. The Labute approximate surface area is 125 Å². The number of aliphatic hydroxyl groups is 1. The van der Waals surface area contributed by atoms with Crippen LogP contribution in [0.1, 0.15) is 36.5 Å². The number of hydrogen-bond donors (Lipinski definition) is 2. The maximum absolute atomic E-state index is 10.4. The van der Waals surface area contributed by atoms with Crippen LogP contribution in [0.3, 0.4) is 0 Å². The highest BCUT2D eigenvalue weighted by Crippen LogP contribution is 2.43. The van der Waals surface area contributed by atoms with Crippen molar-refractivity contribution in [1.82, 2.24) is 0 Å². The van der Waals surface area contributed by atoms with E-state index in [9.17, 15) is 10.2 Å². The topological polar surface area (TPSA) is 49.7 Å². The number of aliphatic hydroxyl groups excluding tert-OH is 1. The third-order valence-electron chi connectivity index (χ3n) is 3.67. The Morgan fingerprint density at radius 2 is 1.86 bits per heavy atom. The molecule has 0 radical (unpaired) electrons. The van der Waals surface area contributed by atoms with Crippen LogP contribution in [-0.4, -0.2) is 17.3 Å². The summed E-state index contributed by atoms with van der Waals surface area (Å²) in [6.45, 7) is 6.02. The summed E-state index contributed by atoms with van der Waals surface area (Å²) in [5, 5.41) is 20.1. The summed E-state index contributed by atoms with van der Waals surface area (Å²) in [6, 6.07) is 9.45. The third-order valence-corrected chi connectivity index (χ3v) is 3.67.